The Morgan fingerprint density at radius 3 is 2.67 bits per heavy atom. The Labute approximate surface area is 87.6 Å². The molecule has 1 rings (SSSR count). The zero-order chi connectivity index (χ0) is 8.43. The van der Waals surface area contributed by atoms with E-state index < -0.39 is 5.97 Å². The number of rotatable bonds is 1. The highest BCUT2D eigenvalue weighted by Gasteiger charge is 2.15. The topological polar surface area (TPSA) is 81.0 Å². The molecule has 0 aliphatic heterocycles. The van der Waals surface area contributed by atoms with E-state index in [1.165, 1.54) is 7.11 Å². The third kappa shape index (κ3) is 1.98. The summed E-state index contributed by atoms with van der Waals surface area (Å²) >= 11 is 3.07. The largest absolute Gasteiger partial charge is 0.464 e. The second-order valence-corrected chi connectivity index (χ2v) is 2.58. The lowest BCUT2D eigenvalue weighted by Crippen LogP contribution is -2.02. The monoisotopic (exact) mass is 299 g/mol. The SMILES string of the molecule is Br.COC(=O)c1[nH]nc(N)c1Br. The molecule has 0 atom stereocenters. The minimum Gasteiger partial charge on any atom is -0.464 e. The van der Waals surface area contributed by atoms with Crippen molar-refractivity contribution in [2.75, 3.05) is 12.8 Å². The molecule has 0 unspecified atom stereocenters. The molecule has 0 saturated carbocycles. The van der Waals surface area contributed by atoms with Gasteiger partial charge in [0.25, 0.3) is 0 Å². The average Bonchev–Trinajstić information content (AvgIpc) is 2.32. The number of anilines is 1. The molecule has 0 radical (unpaired) electrons. The van der Waals surface area contributed by atoms with Crippen molar-refractivity contribution in [3.63, 3.8) is 0 Å². The number of esters is 1. The maximum Gasteiger partial charge on any atom is 0.357 e. The van der Waals surface area contributed by atoms with Crippen LogP contribution in [-0.4, -0.2) is 23.3 Å². The molecule has 5 nitrogen and oxygen atoms in total. The molecular formula is C5H7Br2N3O2. The number of methoxy groups -OCH3 is 1. The second kappa shape index (κ2) is 4.46. The normalized spacial score (nSPS) is 8.83. The van der Waals surface area contributed by atoms with Gasteiger partial charge in [0.1, 0.15) is 0 Å². The van der Waals surface area contributed by atoms with Gasteiger partial charge >= 0.3 is 5.97 Å². The minimum atomic E-state index is -0.499. The molecule has 1 heterocycles. The molecule has 0 amide bonds. The number of carbonyl (C=O) groups excluding carboxylic acids is 1. The van der Waals surface area contributed by atoms with Crippen molar-refractivity contribution in [2.45, 2.75) is 0 Å². The van der Waals surface area contributed by atoms with Crippen LogP contribution in [0.2, 0.25) is 0 Å². The van der Waals surface area contributed by atoms with Gasteiger partial charge in [0.2, 0.25) is 0 Å². The van der Waals surface area contributed by atoms with Crippen LogP contribution in [0.25, 0.3) is 0 Å². The van der Waals surface area contributed by atoms with E-state index in [0.717, 1.165) is 0 Å². The Morgan fingerprint density at radius 2 is 2.33 bits per heavy atom. The first-order valence-electron chi connectivity index (χ1n) is 2.74. The third-order valence-electron chi connectivity index (χ3n) is 1.12. The summed E-state index contributed by atoms with van der Waals surface area (Å²) in [6.07, 6.45) is 0. The van der Waals surface area contributed by atoms with Crippen LogP contribution in [0.3, 0.4) is 0 Å². The summed E-state index contributed by atoms with van der Waals surface area (Å²) in [5, 5.41) is 6.02. The maximum absolute atomic E-state index is 10.9. The highest BCUT2D eigenvalue weighted by atomic mass is 79.9. The number of halogens is 2. The van der Waals surface area contributed by atoms with Gasteiger partial charge in [-0.05, 0) is 15.9 Å². The summed E-state index contributed by atoms with van der Waals surface area (Å²) in [4.78, 5) is 10.9. The molecule has 1 aromatic rings. The van der Waals surface area contributed by atoms with Gasteiger partial charge in [0.05, 0.1) is 11.6 Å². The number of nitrogens with two attached hydrogens (primary N) is 1. The molecule has 0 aliphatic carbocycles. The van der Waals surface area contributed by atoms with Crippen molar-refractivity contribution in [1.29, 1.82) is 0 Å². The minimum absolute atomic E-state index is 0. The van der Waals surface area contributed by atoms with Gasteiger partial charge in [-0.15, -0.1) is 17.0 Å². The predicted octanol–water partition coefficient (Wildman–Crippen LogP) is 1.12. The summed E-state index contributed by atoms with van der Waals surface area (Å²) in [5.41, 5.74) is 5.56. The molecule has 0 saturated heterocycles. The Balaban J connectivity index is 0.00000121. The Bertz CT molecular complexity index is 286. The first-order valence-corrected chi connectivity index (χ1v) is 3.53. The fourth-order valence-corrected chi connectivity index (χ4v) is 0.919. The van der Waals surface area contributed by atoms with Crippen molar-refractivity contribution in [2.24, 2.45) is 0 Å². The van der Waals surface area contributed by atoms with E-state index in [4.69, 9.17) is 5.73 Å². The van der Waals surface area contributed by atoms with Crippen LogP contribution < -0.4 is 5.73 Å². The van der Waals surface area contributed by atoms with Crippen molar-refractivity contribution < 1.29 is 9.53 Å². The van der Waals surface area contributed by atoms with Crippen molar-refractivity contribution in [3.8, 4) is 0 Å². The van der Waals surface area contributed by atoms with Gasteiger partial charge in [0, 0.05) is 0 Å². The smallest absolute Gasteiger partial charge is 0.357 e. The standard InChI is InChI=1S/C5H6BrN3O2.BrH/c1-11-5(10)3-2(6)4(7)9-8-3;/h1H3,(H3,7,8,9);1H. The number of aromatic amines is 1. The zero-order valence-corrected chi connectivity index (χ0v) is 9.43. The van der Waals surface area contributed by atoms with Gasteiger partial charge in [-0.1, -0.05) is 0 Å². The first-order chi connectivity index (χ1) is 5.16. The number of hydrogen-bond acceptors (Lipinski definition) is 4. The molecule has 7 heteroatoms. The van der Waals surface area contributed by atoms with Crippen LogP contribution in [0.15, 0.2) is 4.47 Å². The third-order valence-corrected chi connectivity index (χ3v) is 1.92. The van der Waals surface area contributed by atoms with Crippen molar-refractivity contribution in [3.05, 3.63) is 10.2 Å². The molecule has 0 aliphatic rings. The fourth-order valence-electron chi connectivity index (χ4n) is 0.580. The molecule has 12 heavy (non-hydrogen) atoms. The van der Waals surface area contributed by atoms with Crippen LogP contribution in [0.5, 0.6) is 0 Å². The molecular weight excluding hydrogens is 294 g/mol. The summed E-state index contributed by atoms with van der Waals surface area (Å²) in [6, 6.07) is 0. The summed E-state index contributed by atoms with van der Waals surface area (Å²) in [6.45, 7) is 0. The molecule has 68 valence electrons. The average molecular weight is 301 g/mol. The van der Waals surface area contributed by atoms with E-state index in [-0.39, 0.29) is 28.5 Å². The number of nitrogen functional groups attached to an aromatic ring is 1. The summed E-state index contributed by atoms with van der Waals surface area (Å²) in [5.74, 6) is -0.258. The lowest BCUT2D eigenvalue weighted by molar-refractivity contribution is 0.0593. The van der Waals surface area contributed by atoms with Gasteiger partial charge in [-0.2, -0.15) is 5.10 Å². The lowest BCUT2D eigenvalue weighted by Gasteiger charge is -1.93. The quantitative estimate of drug-likeness (QED) is 0.762. The van der Waals surface area contributed by atoms with E-state index in [1.54, 1.807) is 0 Å². The number of H-pyrrole nitrogens is 1. The molecule has 0 aromatic carbocycles. The van der Waals surface area contributed by atoms with Crippen LogP contribution in [0.1, 0.15) is 10.5 Å². The van der Waals surface area contributed by atoms with E-state index >= 15 is 0 Å². The van der Waals surface area contributed by atoms with Crippen LogP contribution in [-0.2, 0) is 4.74 Å². The highest BCUT2D eigenvalue weighted by Crippen LogP contribution is 2.20. The van der Waals surface area contributed by atoms with E-state index in [2.05, 4.69) is 30.9 Å². The molecule has 0 fully saturated rings. The number of hydrogen-bond donors (Lipinski definition) is 2. The first kappa shape index (κ1) is 11.4. The number of nitrogens with one attached hydrogen (secondary N) is 1. The molecule has 0 bridgehead atoms. The van der Waals surface area contributed by atoms with Gasteiger partial charge < -0.3 is 10.5 Å². The Hall–Kier alpha value is -0.560. The maximum atomic E-state index is 10.9. The van der Waals surface area contributed by atoms with Crippen LogP contribution >= 0.6 is 32.9 Å². The molecule has 0 spiro atoms. The zero-order valence-electron chi connectivity index (χ0n) is 6.13. The Morgan fingerprint density at radius 1 is 1.75 bits per heavy atom. The molecule has 3 N–H and O–H groups in total. The van der Waals surface area contributed by atoms with Crippen LogP contribution in [0, 0.1) is 0 Å². The Kier molecular flexibility index (Phi) is 4.25. The van der Waals surface area contributed by atoms with E-state index in [0.29, 0.717) is 4.47 Å². The van der Waals surface area contributed by atoms with E-state index in [1.807, 2.05) is 0 Å². The van der Waals surface area contributed by atoms with Crippen LogP contribution in [0.4, 0.5) is 5.82 Å². The summed E-state index contributed by atoms with van der Waals surface area (Å²) in [7, 11) is 1.28. The molecule has 1 aromatic heterocycles. The number of aromatic nitrogens is 2. The summed E-state index contributed by atoms with van der Waals surface area (Å²) < 4.78 is 4.87. The predicted molar refractivity (Wildman–Crippen MR) is 52.4 cm³/mol. The van der Waals surface area contributed by atoms with Gasteiger partial charge in [-0.25, -0.2) is 4.79 Å². The lowest BCUT2D eigenvalue weighted by atomic mass is 10.4. The van der Waals surface area contributed by atoms with Crippen molar-refractivity contribution >= 4 is 44.7 Å². The van der Waals surface area contributed by atoms with Gasteiger partial charge in [0.15, 0.2) is 11.5 Å². The number of ether oxygens (including phenoxy) is 1. The fraction of sp³-hybridized carbons (Fsp3) is 0.200. The van der Waals surface area contributed by atoms with Crippen molar-refractivity contribution in [1.82, 2.24) is 10.2 Å². The van der Waals surface area contributed by atoms with Gasteiger partial charge in [-0.3, -0.25) is 5.10 Å². The number of carbonyl (C=O) groups is 1. The number of nitrogens with zero attached hydrogens (tertiary/aromatic N) is 1. The van der Waals surface area contributed by atoms with E-state index in [9.17, 15) is 4.79 Å². The second-order valence-electron chi connectivity index (χ2n) is 1.79. The highest BCUT2D eigenvalue weighted by molar-refractivity contribution is 9.10.